The van der Waals surface area contributed by atoms with Crippen LogP contribution in [0.3, 0.4) is 0 Å². The highest BCUT2D eigenvalue weighted by Gasteiger charge is 2.05. The fourth-order valence-electron chi connectivity index (χ4n) is 1.72. The van der Waals surface area contributed by atoms with E-state index in [-0.39, 0.29) is 24.8 Å². The first kappa shape index (κ1) is 20.8. The van der Waals surface area contributed by atoms with Crippen LogP contribution in [-0.4, -0.2) is 22.8 Å². The van der Waals surface area contributed by atoms with Gasteiger partial charge >= 0.3 is 0 Å². The van der Waals surface area contributed by atoms with Crippen molar-refractivity contribution in [1.82, 2.24) is 0 Å². The molecule has 0 unspecified atom stereocenters. The van der Waals surface area contributed by atoms with Gasteiger partial charge in [0.15, 0.2) is 24.8 Å². The third-order valence-electron chi connectivity index (χ3n) is 2.69. The van der Waals surface area contributed by atoms with E-state index in [0.717, 1.165) is 11.1 Å². The zero-order chi connectivity index (χ0) is 14.9. The normalized spacial score (nSPS) is 10.4. The first-order valence-electron chi connectivity index (χ1n) is 6.22. The predicted octanol–water partition coefficient (Wildman–Crippen LogP) is -5.48. The van der Waals surface area contributed by atoms with Crippen LogP contribution >= 0.6 is 0 Å². The summed E-state index contributed by atoms with van der Waals surface area (Å²) in [5.41, 5.74) is 1.59. The molecule has 124 valence electrons. The molecule has 0 radical (unpaired) electrons. The highest BCUT2D eigenvalue weighted by molar-refractivity contribution is 5.78. The van der Waals surface area contributed by atoms with Crippen molar-refractivity contribution < 1.29 is 49.1 Å². The minimum atomic E-state index is 0. The first-order valence-corrected chi connectivity index (χ1v) is 6.22. The molecule has 2 aromatic rings. The molecule has 0 saturated carbocycles. The van der Waals surface area contributed by atoms with Crippen LogP contribution in [0.25, 0.3) is 0 Å². The largest absolute Gasteiger partial charge is 1.00 e. The lowest BCUT2D eigenvalue weighted by Crippen LogP contribution is -3.00. The molecule has 0 aromatic carbocycles. The van der Waals surface area contributed by atoms with Crippen LogP contribution in [-0.2, 0) is 18.2 Å². The number of pyridine rings is 2. The van der Waals surface area contributed by atoms with Crippen LogP contribution in [0.1, 0.15) is 11.1 Å². The molecule has 0 bridgehead atoms. The summed E-state index contributed by atoms with van der Waals surface area (Å²) >= 11 is 0. The highest BCUT2D eigenvalue weighted by Crippen LogP contribution is 1.91. The Kier molecular flexibility index (Phi) is 10.3. The second kappa shape index (κ2) is 11.4. The van der Waals surface area contributed by atoms with Crippen LogP contribution in [0.2, 0.25) is 0 Å². The number of ether oxygens (including phenoxy) is 1. The fourth-order valence-corrected chi connectivity index (χ4v) is 1.72. The number of halogens is 2. The molecule has 0 atom stereocenters. The van der Waals surface area contributed by atoms with Crippen molar-refractivity contribution in [3.8, 4) is 0 Å². The van der Waals surface area contributed by atoms with E-state index in [4.69, 9.17) is 15.2 Å². The van der Waals surface area contributed by atoms with Gasteiger partial charge in [-0.05, 0) is 6.07 Å². The molecule has 0 aliphatic rings. The number of nitrogens with zero attached hydrogens (tertiary/aromatic N) is 4. The molecule has 0 spiro atoms. The van der Waals surface area contributed by atoms with Gasteiger partial charge in [-0.1, -0.05) is 10.3 Å². The first-order chi connectivity index (χ1) is 10.3. The Morgan fingerprint density at radius 3 is 2.13 bits per heavy atom. The third kappa shape index (κ3) is 7.05. The van der Waals surface area contributed by atoms with Gasteiger partial charge in [0.25, 0.3) is 13.5 Å². The monoisotopic (exact) mass is 358 g/mol. The maximum Gasteiger partial charge on any atom is 0.257 e. The topological polar surface area (TPSA) is 82.2 Å². The quantitative estimate of drug-likeness (QED) is 0.234. The number of aromatic nitrogens is 2. The molecular weight excluding hydrogens is 343 g/mol. The predicted molar refractivity (Wildman–Crippen MR) is 73.1 cm³/mol. The van der Waals surface area contributed by atoms with Crippen molar-refractivity contribution in [2.24, 2.45) is 10.3 Å². The summed E-state index contributed by atoms with van der Waals surface area (Å²) in [6.07, 6.45) is 10.0. The minimum absolute atomic E-state index is 0. The Hall–Kier alpha value is -2.22. The van der Waals surface area contributed by atoms with Gasteiger partial charge in [0.05, 0.1) is 18.0 Å². The van der Waals surface area contributed by atoms with E-state index in [1.54, 1.807) is 0 Å². The molecule has 0 aliphatic carbocycles. The summed E-state index contributed by atoms with van der Waals surface area (Å²) in [4.78, 5) is 0. The average molecular weight is 359 g/mol. The zero-order valence-corrected chi connectivity index (χ0v) is 13.5. The third-order valence-corrected chi connectivity index (χ3v) is 2.69. The van der Waals surface area contributed by atoms with Crippen molar-refractivity contribution in [2.75, 3.05) is 0 Å². The van der Waals surface area contributed by atoms with Gasteiger partial charge in [0, 0.05) is 23.8 Å². The minimum Gasteiger partial charge on any atom is -1.00 e. The van der Waals surface area contributed by atoms with Gasteiger partial charge in [-0.3, -0.25) is 4.74 Å². The van der Waals surface area contributed by atoms with E-state index in [2.05, 4.69) is 10.3 Å². The molecule has 0 fully saturated rings. The number of hydrogen-bond acceptors (Lipinski definition) is 5. The summed E-state index contributed by atoms with van der Waals surface area (Å²) in [7, 11) is 0. The number of hydrogen-bond donors (Lipinski definition) is 2. The highest BCUT2D eigenvalue weighted by atomic mass is 35.5. The smallest absolute Gasteiger partial charge is 0.257 e. The van der Waals surface area contributed by atoms with Gasteiger partial charge in [-0.2, -0.15) is 9.13 Å². The Balaban J connectivity index is 0.00000242. The van der Waals surface area contributed by atoms with Gasteiger partial charge < -0.3 is 35.2 Å². The van der Waals surface area contributed by atoms with Crippen molar-refractivity contribution in [2.45, 2.75) is 13.5 Å². The van der Waals surface area contributed by atoms with Crippen molar-refractivity contribution in [3.05, 3.63) is 60.2 Å². The molecule has 7 nitrogen and oxygen atoms in total. The van der Waals surface area contributed by atoms with Gasteiger partial charge in [-0.15, -0.1) is 0 Å². The molecular formula is C14H16Cl2N4O3. The van der Waals surface area contributed by atoms with E-state index in [1.807, 2.05) is 58.2 Å². The van der Waals surface area contributed by atoms with E-state index in [1.165, 1.54) is 12.4 Å². The lowest BCUT2D eigenvalue weighted by molar-refractivity contribution is -0.788. The lowest BCUT2D eigenvalue weighted by Gasteiger charge is -1.99. The second-order valence-electron chi connectivity index (χ2n) is 4.25. The molecule has 0 aliphatic heterocycles. The van der Waals surface area contributed by atoms with Crippen LogP contribution in [0.5, 0.6) is 0 Å². The Bertz CT molecular complexity index is 636. The molecule has 9 heteroatoms. The second-order valence-corrected chi connectivity index (χ2v) is 4.25. The fraction of sp³-hybridized carbons (Fsp3) is 0.143. The van der Waals surface area contributed by atoms with Crippen molar-refractivity contribution >= 4 is 12.4 Å². The number of rotatable bonds is 6. The summed E-state index contributed by atoms with van der Waals surface area (Å²) < 4.78 is 9.27. The van der Waals surface area contributed by atoms with Crippen LogP contribution in [0, 0.1) is 0 Å². The van der Waals surface area contributed by atoms with E-state index < -0.39 is 0 Å². The zero-order valence-electron chi connectivity index (χ0n) is 12.0. The van der Waals surface area contributed by atoms with Gasteiger partial charge in [-0.25, -0.2) is 0 Å². The van der Waals surface area contributed by atoms with Crippen LogP contribution in [0.4, 0.5) is 0 Å². The summed E-state index contributed by atoms with van der Waals surface area (Å²) in [5.74, 6) is 0. The molecule has 2 heterocycles. The Morgan fingerprint density at radius 1 is 0.870 bits per heavy atom. The summed E-state index contributed by atoms with van der Waals surface area (Å²) in [5, 5.41) is 22.9. The maximum atomic E-state index is 8.50. The standard InChI is InChI=1S/C14H14N4O3.2ClH/c19-15-8-13-3-6-17(7-4-13)11-21-12-18-5-1-2-14(10-18)9-16-20;;/h1-10H,11-12H2;2*1H. The van der Waals surface area contributed by atoms with Gasteiger partial charge in [0.2, 0.25) is 0 Å². The van der Waals surface area contributed by atoms with Crippen LogP contribution < -0.4 is 33.9 Å². The molecule has 2 aromatic heterocycles. The molecule has 0 saturated heterocycles. The Labute approximate surface area is 146 Å². The average Bonchev–Trinajstić information content (AvgIpc) is 2.50. The van der Waals surface area contributed by atoms with Gasteiger partial charge in [0.1, 0.15) is 0 Å². The van der Waals surface area contributed by atoms with Crippen molar-refractivity contribution in [3.63, 3.8) is 0 Å². The maximum absolute atomic E-state index is 8.50. The van der Waals surface area contributed by atoms with Crippen molar-refractivity contribution in [1.29, 1.82) is 0 Å². The molecule has 2 rings (SSSR count). The van der Waals surface area contributed by atoms with E-state index in [9.17, 15) is 0 Å². The number of oxime groups is 2. The van der Waals surface area contributed by atoms with E-state index >= 15 is 0 Å². The SMILES string of the molecule is ON=Cc1cc[n+](COC[n+]2cccc(C=NO)c2)cc1.[Cl-].[Cl-]. The van der Waals surface area contributed by atoms with Crippen LogP contribution in [0.15, 0.2) is 59.4 Å². The summed E-state index contributed by atoms with van der Waals surface area (Å²) in [6.45, 7) is 0.766. The lowest BCUT2D eigenvalue weighted by atomic mass is 10.3. The molecule has 0 amide bonds. The molecule has 23 heavy (non-hydrogen) atoms. The Morgan fingerprint density at radius 2 is 1.48 bits per heavy atom. The molecule has 2 N–H and O–H groups in total. The van der Waals surface area contributed by atoms with E-state index in [0.29, 0.717) is 13.5 Å². The summed E-state index contributed by atoms with van der Waals surface area (Å²) in [6, 6.07) is 7.30.